The summed E-state index contributed by atoms with van der Waals surface area (Å²) < 4.78 is 33.2. The molecule has 0 fully saturated rings. The molecule has 0 aromatic rings. The zero-order chi connectivity index (χ0) is 11.4. The fourth-order valence-electron chi connectivity index (χ4n) is 0.822. The van der Waals surface area contributed by atoms with Crippen LogP contribution in [0.5, 0.6) is 0 Å². The van der Waals surface area contributed by atoms with Crippen molar-refractivity contribution in [2.24, 2.45) is 5.92 Å². The number of carbonyl (C=O) groups excluding carboxylic acids is 1. The molecule has 0 radical (unpaired) electrons. The highest BCUT2D eigenvalue weighted by molar-refractivity contribution is 7.79. The Hall–Kier alpha value is -1.05. The molecule has 1 aliphatic rings. The number of allylic oxidation sites excluding steroid dienone is 1. The lowest BCUT2D eigenvalue weighted by Crippen LogP contribution is -2.25. The van der Waals surface area contributed by atoms with Gasteiger partial charge in [0.1, 0.15) is 13.0 Å². The van der Waals surface area contributed by atoms with Crippen LogP contribution in [0.3, 0.4) is 0 Å². The molecule has 14 heavy (non-hydrogen) atoms. The lowest BCUT2D eigenvalue weighted by Gasteiger charge is -2.01. The highest BCUT2D eigenvalue weighted by atomic mass is 32.3. The first-order chi connectivity index (χ1) is 6.22. The SMILES string of the molecule is CC1C=CC=[N+](C)C1=O.O=S(=O)(O)O. The Bertz CT molecular complexity index is 360. The molecule has 6 nitrogen and oxygen atoms in total. The highest BCUT2D eigenvalue weighted by Crippen LogP contribution is 2.01. The van der Waals surface area contributed by atoms with Crippen molar-refractivity contribution < 1.29 is 26.9 Å². The van der Waals surface area contributed by atoms with Crippen LogP contribution < -0.4 is 0 Å². The molecular formula is C7H12NO5S+. The van der Waals surface area contributed by atoms with Crippen molar-refractivity contribution in [1.29, 1.82) is 0 Å². The van der Waals surface area contributed by atoms with Crippen LogP contribution in [-0.4, -0.2) is 41.3 Å². The molecule has 80 valence electrons. The number of amides is 1. The van der Waals surface area contributed by atoms with Gasteiger partial charge < -0.3 is 0 Å². The molecule has 1 heterocycles. The summed E-state index contributed by atoms with van der Waals surface area (Å²) in [7, 11) is -2.90. The Balaban J connectivity index is 0.000000292. The maximum absolute atomic E-state index is 11.0. The molecular weight excluding hydrogens is 210 g/mol. The number of rotatable bonds is 0. The van der Waals surface area contributed by atoms with Crippen LogP contribution in [0, 0.1) is 5.92 Å². The minimum absolute atomic E-state index is 0.0556. The fourth-order valence-corrected chi connectivity index (χ4v) is 0.822. The van der Waals surface area contributed by atoms with Gasteiger partial charge in [0.2, 0.25) is 0 Å². The van der Waals surface area contributed by atoms with E-state index in [-0.39, 0.29) is 11.8 Å². The lowest BCUT2D eigenvalue weighted by atomic mass is 10.1. The highest BCUT2D eigenvalue weighted by Gasteiger charge is 2.20. The average molecular weight is 222 g/mol. The number of hydrogen-bond donors (Lipinski definition) is 2. The first kappa shape index (κ1) is 12.9. The van der Waals surface area contributed by atoms with Gasteiger partial charge in [-0.15, -0.1) is 0 Å². The van der Waals surface area contributed by atoms with Crippen molar-refractivity contribution in [2.75, 3.05) is 7.05 Å². The van der Waals surface area contributed by atoms with Crippen LogP contribution in [0.2, 0.25) is 0 Å². The molecule has 0 aliphatic carbocycles. The Morgan fingerprint density at radius 3 is 2.14 bits per heavy atom. The van der Waals surface area contributed by atoms with Gasteiger partial charge in [-0.3, -0.25) is 9.11 Å². The largest absolute Gasteiger partial charge is 0.394 e. The lowest BCUT2D eigenvalue weighted by molar-refractivity contribution is -0.417. The van der Waals surface area contributed by atoms with E-state index < -0.39 is 10.4 Å². The summed E-state index contributed by atoms with van der Waals surface area (Å²) in [6.07, 6.45) is 5.55. The van der Waals surface area contributed by atoms with Crippen molar-refractivity contribution in [1.82, 2.24) is 0 Å². The van der Waals surface area contributed by atoms with E-state index in [1.54, 1.807) is 17.8 Å². The molecule has 0 aromatic carbocycles. The van der Waals surface area contributed by atoms with E-state index in [9.17, 15) is 4.79 Å². The Labute approximate surface area is 82.1 Å². The van der Waals surface area contributed by atoms with Gasteiger partial charge >= 0.3 is 16.3 Å². The quantitative estimate of drug-likeness (QED) is 0.436. The van der Waals surface area contributed by atoms with Gasteiger partial charge in [0.25, 0.3) is 0 Å². The Kier molecular flexibility index (Phi) is 4.61. The minimum atomic E-state index is -4.67. The molecule has 0 saturated heterocycles. The van der Waals surface area contributed by atoms with E-state index in [1.807, 2.05) is 19.1 Å². The first-order valence-electron chi connectivity index (χ1n) is 3.70. The minimum Gasteiger partial charge on any atom is -0.264 e. The van der Waals surface area contributed by atoms with Crippen molar-refractivity contribution in [3.63, 3.8) is 0 Å². The maximum Gasteiger partial charge on any atom is 0.394 e. The molecule has 2 N–H and O–H groups in total. The van der Waals surface area contributed by atoms with E-state index in [2.05, 4.69) is 0 Å². The van der Waals surface area contributed by atoms with E-state index >= 15 is 0 Å². The maximum atomic E-state index is 11.0. The molecule has 0 bridgehead atoms. The van der Waals surface area contributed by atoms with Crippen molar-refractivity contribution in [3.8, 4) is 0 Å². The van der Waals surface area contributed by atoms with Crippen LogP contribution in [0.25, 0.3) is 0 Å². The zero-order valence-corrected chi connectivity index (χ0v) is 8.60. The number of hydrogen-bond acceptors (Lipinski definition) is 3. The van der Waals surface area contributed by atoms with Crippen LogP contribution in [0.1, 0.15) is 6.92 Å². The van der Waals surface area contributed by atoms with Crippen molar-refractivity contribution in [2.45, 2.75) is 6.92 Å². The van der Waals surface area contributed by atoms with E-state index in [1.165, 1.54) is 0 Å². The van der Waals surface area contributed by atoms with Crippen LogP contribution in [-0.2, 0) is 15.2 Å². The molecule has 0 saturated carbocycles. The Morgan fingerprint density at radius 2 is 1.86 bits per heavy atom. The third-order valence-electron chi connectivity index (χ3n) is 1.45. The standard InChI is InChI=1S/C7H10NO.H2O4S/c1-6-4-3-5-8(2)7(6)9;1-5(2,3)4/h3-6H,1-2H3;(H2,1,2,3,4)/q+1;. The molecule has 0 spiro atoms. The summed E-state index contributed by atoms with van der Waals surface area (Å²) in [5.74, 6) is 0.220. The second-order valence-corrected chi connectivity index (χ2v) is 3.62. The van der Waals surface area contributed by atoms with Crippen LogP contribution in [0.4, 0.5) is 0 Å². The molecule has 1 amide bonds. The van der Waals surface area contributed by atoms with Crippen molar-refractivity contribution >= 4 is 22.5 Å². The van der Waals surface area contributed by atoms with Gasteiger partial charge in [-0.05, 0) is 13.0 Å². The molecule has 7 heteroatoms. The molecule has 1 atom stereocenters. The molecule has 1 rings (SSSR count). The smallest absolute Gasteiger partial charge is 0.264 e. The van der Waals surface area contributed by atoms with Crippen LogP contribution in [0.15, 0.2) is 12.2 Å². The number of carbonyl (C=O) groups is 1. The Morgan fingerprint density at radius 1 is 1.43 bits per heavy atom. The predicted molar refractivity (Wildman–Crippen MR) is 49.7 cm³/mol. The summed E-state index contributed by atoms with van der Waals surface area (Å²) in [4.78, 5) is 11.0. The molecule has 1 unspecified atom stereocenters. The second kappa shape index (κ2) is 4.99. The normalized spacial score (nSPS) is 21.0. The topological polar surface area (TPSA) is 94.7 Å². The average Bonchev–Trinajstić information content (AvgIpc) is 1.97. The monoisotopic (exact) mass is 222 g/mol. The van der Waals surface area contributed by atoms with Gasteiger partial charge in [0.15, 0.2) is 6.21 Å². The van der Waals surface area contributed by atoms with E-state index in [0.717, 1.165) is 0 Å². The molecule has 0 aromatic heterocycles. The first-order valence-corrected chi connectivity index (χ1v) is 5.09. The summed E-state index contributed by atoms with van der Waals surface area (Å²) in [6, 6.07) is 0. The van der Waals surface area contributed by atoms with Gasteiger partial charge in [0, 0.05) is 0 Å². The molecule has 1 aliphatic heterocycles. The zero-order valence-electron chi connectivity index (χ0n) is 7.78. The number of nitrogens with zero attached hydrogens (tertiary/aromatic N) is 1. The summed E-state index contributed by atoms with van der Waals surface area (Å²) in [5, 5.41) is 0. The van der Waals surface area contributed by atoms with Gasteiger partial charge in [-0.2, -0.15) is 13.0 Å². The predicted octanol–water partition coefficient (Wildman–Crippen LogP) is -0.221. The third-order valence-corrected chi connectivity index (χ3v) is 1.45. The van der Waals surface area contributed by atoms with Gasteiger partial charge in [0.05, 0.1) is 0 Å². The summed E-state index contributed by atoms with van der Waals surface area (Å²) in [6.45, 7) is 1.89. The summed E-state index contributed by atoms with van der Waals surface area (Å²) >= 11 is 0. The van der Waals surface area contributed by atoms with E-state index in [0.29, 0.717) is 0 Å². The second-order valence-electron chi connectivity index (χ2n) is 2.72. The van der Waals surface area contributed by atoms with Crippen molar-refractivity contribution in [3.05, 3.63) is 12.2 Å². The fraction of sp³-hybridized carbons (Fsp3) is 0.429. The van der Waals surface area contributed by atoms with Crippen LogP contribution >= 0.6 is 0 Å². The van der Waals surface area contributed by atoms with E-state index in [4.69, 9.17) is 17.5 Å². The summed E-state index contributed by atoms with van der Waals surface area (Å²) in [5.41, 5.74) is 0. The van der Waals surface area contributed by atoms with Gasteiger partial charge in [-0.25, -0.2) is 4.79 Å². The third kappa shape index (κ3) is 6.46. The van der Waals surface area contributed by atoms with Gasteiger partial charge in [-0.1, -0.05) is 6.08 Å².